The van der Waals surface area contributed by atoms with Gasteiger partial charge in [0.2, 0.25) is 0 Å². The van der Waals surface area contributed by atoms with Crippen LogP contribution in [0.4, 0.5) is 0 Å². The van der Waals surface area contributed by atoms with Crippen molar-refractivity contribution in [1.82, 2.24) is 4.90 Å². The Morgan fingerprint density at radius 1 is 1.20 bits per heavy atom. The molecule has 7 heteroatoms. The summed E-state index contributed by atoms with van der Waals surface area (Å²) in [6.07, 6.45) is 3.45. The van der Waals surface area contributed by atoms with Crippen LogP contribution in [0.1, 0.15) is 32.3 Å². The van der Waals surface area contributed by atoms with Crippen LogP contribution in [0.25, 0.3) is 6.08 Å². The Hall–Kier alpha value is -1.86. The number of thiocarbonyl (C=S) groups is 1. The van der Waals surface area contributed by atoms with Crippen molar-refractivity contribution in [3.63, 3.8) is 0 Å². The Labute approximate surface area is 157 Å². The van der Waals surface area contributed by atoms with E-state index < -0.39 is 5.97 Å². The molecule has 1 saturated heterocycles. The van der Waals surface area contributed by atoms with Gasteiger partial charge in [-0.25, -0.2) is 0 Å². The van der Waals surface area contributed by atoms with E-state index in [-0.39, 0.29) is 12.5 Å². The molecule has 0 aromatic heterocycles. The van der Waals surface area contributed by atoms with Gasteiger partial charge < -0.3 is 9.47 Å². The molecule has 0 spiro atoms. The lowest BCUT2D eigenvalue weighted by atomic mass is 10.2. The van der Waals surface area contributed by atoms with E-state index >= 15 is 0 Å². The first-order valence-electron chi connectivity index (χ1n) is 8.19. The smallest absolute Gasteiger partial charge is 0.326 e. The third-order valence-electron chi connectivity index (χ3n) is 3.28. The van der Waals surface area contributed by atoms with Gasteiger partial charge >= 0.3 is 5.97 Å². The molecule has 0 unspecified atom stereocenters. The zero-order valence-corrected chi connectivity index (χ0v) is 16.0. The monoisotopic (exact) mass is 379 g/mol. The highest BCUT2D eigenvalue weighted by atomic mass is 32.2. The van der Waals surface area contributed by atoms with Crippen LogP contribution in [-0.4, -0.2) is 40.9 Å². The summed E-state index contributed by atoms with van der Waals surface area (Å²) in [6, 6.07) is 7.49. The SMILES string of the molecule is CCCOC(=O)CN1C(=O)C(=Cc2ccc(OCCC)cc2)SC1=S. The second-order valence-corrected chi connectivity index (χ2v) is 7.08. The summed E-state index contributed by atoms with van der Waals surface area (Å²) >= 11 is 6.40. The van der Waals surface area contributed by atoms with Crippen molar-refractivity contribution >= 4 is 46.3 Å². The molecule has 1 aliphatic heterocycles. The Morgan fingerprint density at radius 3 is 2.52 bits per heavy atom. The Morgan fingerprint density at radius 2 is 1.88 bits per heavy atom. The highest BCUT2D eigenvalue weighted by Crippen LogP contribution is 2.32. The minimum atomic E-state index is -0.447. The molecule has 25 heavy (non-hydrogen) atoms. The van der Waals surface area contributed by atoms with Gasteiger partial charge in [-0.2, -0.15) is 0 Å². The zero-order chi connectivity index (χ0) is 18.2. The van der Waals surface area contributed by atoms with Gasteiger partial charge in [-0.1, -0.05) is 50.0 Å². The zero-order valence-electron chi connectivity index (χ0n) is 14.3. The van der Waals surface area contributed by atoms with Crippen LogP contribution < -0.4 is 4.74 Å². The number of benzene rings is 1. The van der Waals surface area contributed by atoms with Gasteiger partial charge in [0.1, 0.15) is 16.6 Å². The average Bonchev–Trinajstić information content (AvgIpc) is 2.87. The van der Waals surface area contributed by atoms with Gasteiger partial charge in [-0.3, -0.25) is 14.5 Å². The van der Waals surface area contributed by atoms with E-state index in [1.807, 2.05) is 38.1 Å². The van der Waals surface area contributed by atoms with E-state index in [4.69, 9.17) is 21.7 Å². The number of hydrogen-bond donors (Lipinski definition) is 0. The third kappa shape index (κ3) is 5.57. The minimum Gasteiger partial charge on any atom is -0.494 e. The van der Waals surface area contributed by atoms with Crippen molar-refractivity contribution in [3.05, 3.63) is 34.7 Å². The molecule has 5 nitrogen and oxygen atoms in total. The fraction of sp³-hybridized carbons (Fsp3) is 0.389. The van der Waals surface area contributed by atoms with Crippen LogP contribution >= 0.6 is 24.0 Å². The van der Waals surface area contributed by atoms with Crippen molar-refractivity contribution in [3.8, 4) is 5.75 Å². The largest absolute Gasteiger partial charge is 0.494 e. The van der Waals surface area contributed by atoms with Crippen LogP contribution in [0.15, 0.2) is 29.2 Å². The van der Waals surface area contributed by atoms with Gasteiger partial charge in [-0.05, 0) is 36.6 Å². The fourth-order valence-corrected chi connectivity index (χ4v) is 3.31. The van der Waals surface area contributed by atoms with Crippen molar-refractivity contribution < 1.29 is 19.1 Å². The van der Waals surface area contributed by atoms with Crippen molar-refractivity contribution in [2.24, 2.45) is 0 Å². The van der Waals surface area contributed by atoms with E-state index in [1.165, 1.54) is 16.7 Å². The fourth-order valence-electron chi connectivity index (χ4n) is 2.06. The van der Waals surface area contributed by atoms with Crippen LogP contribution in [0, 0.1) is 0 Å². The molecule has 0 aliphatic carbocycles. The number of carbonyl (C=O) groups is 2. The van der Waals surface area contributed by atoms with E-state index in [0.29, 0.717) is 22.4 Å². The summed E-state index contributed by atoms with van der Waals surface area (Å²) in [5.74, 6) is 0.0804. The van der Waals surface area contributed by atoms with E-state index in [0.717, 1.165) is 24.2 Å². The maximum absolute atomic E-state index is 12.5. The molecule has 0 radical (unpaired) electrons. The molecule has 1 heterocycles. The number of esters is 1. The summed E-state index contributed by atoms with van der Waals surface area (Å²) in [5.41, 5.74) is 0.873. The molecule has 1 fully saturated rings. The Kier molecular flexibility index (Phi) is 7.46. The van der Waals surface area contributed by atoms with Gasteiger partial charge in [-0.15, -0.1) is 0 Å². The quantitative estimate of drug-likeness (QED) is 0.391. The third-order valence-corrected chi connectivity index (χ3v) is 4.66. The van der Waals surface area contributed by atoms with Crippen LogP contribution in [0.2, 0.25) is 0 Å². The molecule has 0 atom stereocenters. The van der Waals surface area contributed by atoms with Crippen molar-refractivity contribution in [1.29, 1.82) is 0 Å². The summed E-state index contributed by atoms with van der Waals surface area (Å²) in [4.78, 5) is 26.0. The molecule has 2 rings (SSSR count). The first-order valence-corrected chi connectivity index (χ1v) is 9.41. The molecular weight excluding hydrogens is 358 g/mol. The normalized spacial score (nSPS) is 15.8. The van der Waals surface area contributed by atoms with Crippen LogP contribution in [0.5, 0.6) is 5.75 Å². The van der Waals surface area contributed by atoms with Gasteiger partial charge in [0.05, 0.1) is 18.1 Å². The second-order valence-electron chi connectivity index (χ2n) is 5.41. The van der Waals surface area contributed by atoms with Gasteiger partial charge in [0.25, 0.3) is 5.91 Å². The first kappa shape index (κ1) is 19.5. The molecule has 1 amide bonds. The molecule has 1 aliphatic rings. The summed E-state index contributed by atoms with van der Waals surface area (Å²) in [5, 5.41) is 0. The molecule has 1 aromatic carbocycles. The lowest BCUT2D eigenvalue weighted by Crippen LogP contribution is -2.34. The number of nitrogens with zero attached hydrogens (tertiary/aromatic N) is 1. The van der Waals surface area contributed by atoms with Crippen LogP contribution in [0.3, 0.4) is 0 Å². The van der Waals surface area contributed by atoms with E-state index in [1.54, 1.807) is 6.08 Å². The number of amides is 1. The first-order chi connectivity index (χ1) is 12.0. The summed E-state index contributed by atoms with van der Waals surface area (Å²) in [6.45, 7) is 4.83. The summed E-state index contributed by atoms with van der Waals surface area (Å²) in [7, 11) is 0. The molecular formula is C18H21NO4S2. The van der Waals surface area contributed by atoms with Gasteiger partial charge in [0, 0.05) is 0 Å². The maximum atomic E-state index is 12.5. The predicted molar refractivity (Wildman–Crippen MR) is 103 cm³/mol. The van der Waals surface area contributed by atoms with Gasteiger partial charge in [0.15, 0.2) is 0 Å². The summed E-state index contributed by atoms with van der Waals surface area (Å²) < 4.78 is 10.9. The number of rotatable bonds is 8. The number of hydrogen-bond acceptors (Lipinski definition) is 6. The van der Waals surface area contributed by atoms with Crippen molar-refractivity contribution in [2.45, 2.75) is 26.7 Å². The number of thioether (sulfide) groups is 1. The highest BCUT2D eigenvalue weighted by molar-refractivity contribution is 8.26. The number of carbonyl (C=O) groups excluding carboxylic acids is 2. The molecule has 0 bridgehead atoms. The van der Waals surface area contributed by atoms with Crippen molar-refractivity contribution in [2.75, 3.05) is 19.8 Å². The number of ether oxygens (including phenoxy) is 2. The maximum Gasteiger partial charge on any atom is 0.326 e. The van der Waals surface area contributed by atoms with E-state index in [2.05, 4.69) is 0 Å². The lowest BCUT2D eigenvalue weighted by molar-refractivity contribution is -0.146. The molecule has 0 N–H and O–H groups in total. The van der Waals surface area contributed by atoms with Crippen LogP contribution in [-0.2, 0) is 14.3 Å². The van der Waals surface area contributed by atoms with E-state index in [9.17, 15) is 9.59 Å². The topological polar surface area (TPSA) is 55.8 Å². The molecule has 0 saturated carbocycles. The predicted octanol–water partition coefficient (Wildman–Crippen LogP) is 3.63. The average molecular weight is 380 g/mol. The minimum absolute atomic E-state index is 0.147. The Bertz CT molecular complexity index is 670. The molecule has 134 valence electrons. The second kappa shape index (κ2) is 9.58. The standard InChI is InChI=1S/C18H21NO4S2/c1-3-9-22-14-7-5-13(6-8-14)11-15-17(21)19(18(24)25-15)12-16(20)23-10-4-2/h5-8,11H,3-4,9-10,12H2,1-2H3. The Balaban J connectivity index is 2.02. The molecule has 1 aromatic rings. The lowest BCUT2D eigenvalue weighted by Gasteiger charge is -2.13. The highest BCUT2D eigenvalue weighted by Gasteiger charge is 2.33.